The number of pyridine rings is 3. The van der Waals surface area contributed by atoms with Crippen LogP contribution in [0.5, 0.6) is 17.2 Å². The fraction of sp³-hybridized carbons (Fsp3) is 0.493. The minimum atomic E-state index is -0.694. The molecule has 4 heterocycles. The van der Waals surface area contributed by atoms with Crippen LogP contribution in [0, 0.1) is 27.7 Å². The Bertz CT molecular complexity index is 3250. The van der Waals surface area contributed by atoms with Gasteiger partial charge in [-0.05, 0) is 169 Å². The molecule has 0 bridgehead atoms. The topological polar surface area (TPSA) is 238 Å². The summed E-state index contributed by atoms with van der Waals surface area (Å²) >= 11 is 7.64. The number of methoxy groups -OCH3 is 4. The first kappa shape index (κ1) is 77.5. The number of carbonyl (C=O) groups excluding carboxylic acids is 3. The Morgan fingerprint density at radius 1 is 0.371 bits per heavy atom. The van der Waals surface area contributed by atoms with E-state index in [2.05, 4.69) is 40.5 Å². The SMILES string of the molecule is COCCOCCOCCOc1ccc(-c2cc(CN3CCN(Cc4cc(-c5ccc(OCCOCCOCCOC)cc5C)cc(C(=O)OC)n4)CCN(Cc4cc(-c5c(C)cc(OCCOCCOCCOS)cc5C)cc(C(=O)OS)n4)CC3)nc(C(=O)OC)c2)c(C)c1. The number of ether oxygens (including phenoxy) is 13. The van der Waals surface area contributed by atoms with E-state index in [1.807, 2.05) is 94.4 Å². The Labute approximate surface area is 580 Å². The average molecular weight is 1380 g/mol. The maximum atomic E-state index is 13.4. The number of aryl methyl sites for hydroxylation is 4. The number of thiol groups is 2. The van der Waals surface area contributed by atoms with Gasteiger partial charge in [-0.15, -0.1) is 0 Å². The standard InChI is InChI=1S/C71H94N6O18S2/c1-50-37-60(91-33-29-87-25-23-85-21-19-81-5)9-11-63(50)54-41-57(72-65(44-54)69(78)83-7)47-75-13-14-76(48-58-42-55(45-66(73-58)70(79)84-8)64-12-10-61(38-51(64)2)92-34-30-88-26-24-86-22-20-82-6)16-18-77(17-15-75)49-59-43-56(46-67(74-59)71(80)95-97)68-52(3)39-62(40-53(68)4)93-35-31-89-27-28-90-32-36-94-96/h9-12,37-46,96-97H,13-36,47-49H2,1-8H3. The zero-order valence-corrected chi connectivity index (χ0v) is 58.9. The predicted octanol–water partition coefficient (Wildman–Crippen LogP) is 8.89. The van der Waals surface area contributed by atoms with Crippen LogP contribution in [0.3, 0.4) is 0 Å². The third-order valence-electron chi connectivity index (χ3n) is 15.7. The van der Waals surface area contributed by atoms with Crippen molar-refractivity contribution in [1.82, 2.24) is 29.7 Å². The Morgan fingerprint density at radius 3 is 1.04 bits per heavy atom. The summed E-state index contributed by atoms with van der Waals surface area (Å²) in [7, 11) is 5.95. The lowest BCUT2D eigenvalue weighted by Gasteiger charge is -2.26. The zero-order valence-electron chi connectivity index (χ0n) is 57.1. The van der Waals surface area contributed by atoms with Crippen LogP contribution in [0.4, 0.5) is 0 Å². The van der Waals surface area contributed by atoms with Crippen LogP contribution in [0.25, 0.3) is 33.4 Å². The number of hydrogen-bond acceptors (Lipinski definition) is 26. The highest BCUT2D eigenvalue weighted by molar-refractivity contribution is 7.75. The van der Waals surface area contributed by atoms with E-state index in [-0.39, 0.29) is 17.1 Å². The third kappa shape index (κ3) is 26.1. The van der Waals surface area contributed by atoms with Crippen LogP contribution < -0.4 is 14.2 Å². The molecule has 0 unspecified atom stereocenters. The Morgan fingerprint density at radius 2 is 0.691 bits per heavy atom. The van der Waals surface area contributed by atoms with Crippen molar-refractivity contribution in [2.24, 2.45) is 0 Å². The summed E-state index contributed by atoms with van der Waals surface area (Å²) in [5.41, 5.74) is 11.2. The van der Waals surface area contributed by atoms with Gasteiger partial charge >= 0.3 is 17.9 Å². The first-order valence-corrected chi connectivity index (χ1v) is 33.1. The fourth-order valence-corrected chi connectivity index (χ4v) is 11.1. The van der Waals surface area contributed by atoms with Crippen LogP contribution in [0.15, 0.2) is 84.9 Å². The average Bonchev–Trinajstić information content (AvgIpc) is 2.22. The molecule has 1 aliphatic rings. The van der Waals surface area contributed by atoms with Crippen LogP contribution in [-0.2, 0) is 75.4 Å². The number of benzene rings is 3. The van der Waals surface area contributed by atoms with Gasteiger partial charge in [0.2, 0.25) is 0 Å². The van der Waals surface area contributed by atoms with E-state index >= 15 is 0 Å². The van der Waals surface area contributed by atoms with E-state index in [0.717, 1.165) is 55.6 Å². The molecular formula is C71H94N6O18S2. The molecule has 24 nitrogen and oxygen atoms in total. The van der Waals surface area contributed by atoms with Crippen molar-refractivity contribution in [3.8, 4) is 50.6 Å². The van der Waals surface area contributed by atoms with Gasteiger partial charge in [-0.1, -0.05) is 12.1 Å². The lowest BCUT2D eigenvalue weighted by molar-refractivity contribution is 0.0180. The molecule has 3 aromatic heterocycles. The zero-order chi connectivity index (χ0) is 69.2. The number of aromatic nitrogens is 3. The lowest BCUT2D eigenvalue weighted by atomic mass is 9.94. The Hall–Kier alpha value is -6.86. The van der Waals surface area contributed by atoms with Crippen molar-refractivity contribution in [3.05, 3.63) is 141 Å². The van der Waals surface area contributed by atoms with Crippen molar-refractivity contribution in [2.75, 3.05) is 187 Å². The molecule has 1 aliphatic heterocycles. The van der Waals surface area contributed by atoms with Gasteiger partial charge in [-0.25, -0.2) is 29.3 Å². The molecule has 0 radical (unpaired) electrons. The minimum Gasteiger partial charge on any atom is -0.491 e. The highest BCUT2D eigenvalue weighted by Gasteiger charge is 2.24. The fourth-order valence-electron chi connectivity index (χ4n) is 10.9. The molecule has 97 heavy (non-hydrogen) atoms. The van der Waals surface area contributed by atoms with Crippen LogP contribution in [0.2, 0.25) is 0 Å². The van der Waals surface area contributed by atoms with Crippen LogP contribution >= 0.6 is 25.8 Å². The van der Waals surface area contributed by atoms with E-state index in [1.54, 1.807) is 32.4 Å². The second kappa shape index (κ2) is 42.8. The van der Waals surface area contributed by atoms with Gasteiger partial charge in [0, 0.05) is 86.0 Å². The number of carbonyl (C=O) groups is 3. The summed E-state index contributed by atoms with van der Waals surface area (Å²) in [6.07, 6.45) is 0. The monoisotopic (exact) mass is 1380 g/mol. The van der Waals surface area contributed by atoms with Gasteiger partial charge in [0.1, 0.15) is 54.2 Å². The highest BCUT2D eigenvalue weighted by Crippen LogP contribution is 2.34. The van der Waals surface area contributed by atoms with Crippen LogP contribution in [0.1, 0.15) is 70.8 Å². The Balaban J connectivity index is 1.15. The van der Waals surface area contributed by atoms with E-state index in [4.69, 9.17) is 84.9 Å². The molecule has 1 saturated heterocycles. The summed E-state index contributed by atoms with van der Waals surface area (Å²) in [5, 5.41) is 0. The van der Waals surface area contributed by atoms with E-state index < -0.39 is 17.9 Å². The second-order valence-electron chi connectivity index (χ2n) is 22.8. The van der Waals surface area contributed by atoms with E-state index in [1.165, 1.54) is 14.2 Å². The molecule has 7 rings (SSSR count). The summed E-state index contributed by atoms with van der Waals surface area (Å²) < 4.78 is 82.0. The van der Waals surface area contributed by atoms with Gasteiger partial charge in [0.15, 0.2) is 0 Å². The number of hydrogen-bond donors (Lipinski definition) is 2. The van der Waals surface area contributed by atoms with Crippen LogP contribution in [-0.4, -0.2) is 234 Å². The molecule has 1 fully saturated rings. The summed E-state index contributed by atoms with van der Waals surface area (Å²) in [6.45, 7) is 20.3. The van der Waals surface area contributed by atoms with E-state index in [0.29, 0.717) is 212 Å². The maximum absolute atomic E-state index is 13.4. The Kier molecular flexibility index (Phi) is 34.2. The quantitative estimate of drug-likeness (QED) is 0.0120. The largest absolute Gasteiger partial charge is 0.491 e. The molecule has 0 amide bonds. The molecule has 0 spiro atoms. The summed E-state index contributed by atoms with van der Waals surface area (Å²) in [6, 6.07) is 26.9. The molecular weight excluding hydrogens is 1290 g/mol. The molecule has 0 saturated carbocycles. The highest BCUT2D eigenvalue weighted by atomic mass is 32.1. The number of esters is 2. The minimum absolute atomic E-state index is 0.102. The second-order valence-corrected chi connectivity index (χ2v) is 23.3. The smallest absolute Gasteiger partial charge is 0.368 e. The molecule has 528 valence electrons. The maximum Gasteiger partial charge on any atom is 0.368 e. The molecule has 3 aromatic carbocycles. The third-order valence-corrected chi connectivity index (χ3v) is 16.0. The van der Waals surface area contributed by atoms with Crippen molar-refractivity contribution in [3.63, 3.8) is 0 Å². The molecule has 0 atom stereocenters. The first-order chi connectivity index (χ1) is 47.2. The van der Waals surface area contributed by atoms with Gasteiger partial charge in [-0.3, -0.25) is 14.7 Å². The van der Waals surface area contributed by atoms with E-state index in [9.17, 15) is 14.4 Å². The predicted molar refractivity (Wildman–Crippen MR) is 371 cm³/mol. The molecule has 26 heteroatoms. The van der Waals surface area contributed by atoms with Gasteiger partial charge in [0.25, 0.3) is 0 Å². The van der Waals surface area contributed by atoms with Gasteiger partial charge in [0.05, 0.1) is 130 Å². The first-order valence-electron chi connectivity index (χ1n) is 32.4. The van der Waals surface area contributed by atoms with Gasteiger partial charge < -0.3 is 69.9 Å². The lowest BCUT2D eigenvalue weighted by Crippen LogP contribution is -2.36. The number of nitrogens with zero attached hydrogens (tertiary/aromatic N) is 6. The van der Waals surface area contributed by atoms with Crippen molar-refractivity contribution >= 4 is 43.7 Å². The molecule has 0 aliphatic carbocycles. The summed E-state index contributed by atoms with van der Waals surface area (Å²) in [5.74, 6) is 0.221. The van der Waals surface area contributed by atoms with Gasteiger partial charge in [-0.2, -0.15) is 0 Å². The van der Waals surface area contributed by atoms with Crippen molar-refractivity contribution in [1.29, 1.82) is 0 Å². The number of rotatable bonds is 42. The van der Waals surface area contributed by atoms with Crippen molar-refractivity contribution in [2.45, 2.75) is 47.3 Å². The summed E-state index contributed by atoms with van der Waals surface area (Å²) in [4.78, 5) is 61.9. The molecule has 0 N–H and O–H groups in total. The normalized spacial score (nSPS) is 13.2. The van der Waals surface area contributed by atoms with Crippen molar-refractivity contribution < 1.29 is 84.3 Å². The molecule has 6 aromatic rings.